The van der Waals surface area contributed by atoms with Crippen molar-refractivity contribution in [2.45, 2.75) is 51.9 Å². The molecule has 0 saturated carbocycles. The maximum Gasteiger partial charge on any atom is 0.252 e. The van der Waals surface area contributed by atoms with Crippen LogP contribution in [-0.4, -0.2) is 17.4 Å². The summed E-state index contributed by atoms with van der Waals surface area (Å²) in [5, 5.41) is 6.33. The number of benzene rings is 1. The molecule has 0 fully saturated rings. The van der Waals surface area contributed by atoms with E-state index in [0.29, 0.717) is 18.0 Å². The van der Waals surface area contributed by atoms with E-state index in [-0.39, 0.29) is 5.91 Å². The Morgan fingerprint density at radius 3 is 2.63 bits per heavy atom. The first-order chi connectivity index (χ1) is 13.1. The zero-order valence-corrected chi connectivity index (χ0v) is 16.3. The second kappa shape index (κ2) is 9.36. The number of carbonyl (C=O) groups excluding carboxylic acids is 1. The number of carbonyl (C=O) groups is 1. The molecule has 1 amide bonds. The van der Waals surface area contributed by atoms with Gasteiger partial charge in [0.15, 0.2) is 0 Å². The van der Waals surface area contributed by atoms with Gasteiger partial charge in [0.1, 0.15) is 0 Å². The van der Waals surface area contributed by atoms with Gasteiger partial charge < -0.3 is 10.6 Å². The standard InChI is InChI=1S/C23H29N3O/c1-17(2)19-8-10-21(11-9-19)26-22-14-20(15-24-16-22)23(27)25-13-12-18-6-4-3-5-7-18/h6,8-11,14-17,26H,3-5,7,12-13H2,1-2H3,(H,25,27). The predicted molar refractivity (Wildman–Crippen MR) is 112 cm³/mol. The van der Waals surface area contributed by atoms with Crippen LogP contribution in [0.3, 0.4) is 0 Å². The molecule has 27 heavy (non-hydrogen) atoms. The van der Waals surface area contributed by atoms with E-state index in [4.69, 9.17) is 0 Å². The summed E-state index contributed by atoms with van der Waals surface area (Å²) in [5.74, 6) is 0.440. The van der Waals surface area contributed by atoms with Crippen molar-refractivity contribution in [1.29, 1.82) is 0 Å². The minimum absolute atomic E-state index is 0.0716. The lowest BCUT2D eigenvalue weighted by Crippen LogP contribution is -2.25. The van der Waals surface area contributed by atoms with Gasteiger partial charge in [-0.15, -0.1) is 0 Å². The Balaban J connectivity index is 1.55. The van der Waals surface area contributed by atoms with E-state index in [1.807, 2.05) is 6.07 Å². The zero-order chi connectivity index (χ0) is 19.1. The average Bonchev–Trinajstić information content (AvgIpc) is 2.69. The van der Waals surface area contributed by atoms with Gasteiger partial charge >= 0.3 is 0 Å². The van der Waals surface area contributed by atoms with E-state index >= 15 is 0 Å². The van der Waals surface area contributed by atoms with Crippen molar-refractivity contribution in [1.82, 2.24) is 10.3 Å². The molecule has 2 N–H and O–H groups in total. The number of allylic oxidation sites excluding steroid dienone is 1. The number of nitrogens with one attached hydrogen (secondary N) is 2. The molecule has 0 aliphatic heterocycles. The van der Waals surface area contributed by atoms with Gasteiger partial charge in [-0.25, -0.2) is 0 Å². The summed E-state index contributed by atoms with van der Waals surface area (Å²) < 4.78 is 0. The predicted octanol–water partition coefficient (Wildman–Crippen LogP) is 5.57. The quantitative estimate of drug-likeness (QED) is 0.632. The lowest BCUT2D eigenvalue weighted by Gasteiger charge is -2.13. The van der Waals surface area contributed by atoms with Gasteiger partial charge in [-0.1, -0.05) is 37.6 Å². The molecule has 1 heterocycles. The Labute approximate surface area is 162 Å². The van der Waals surface area contributed by atoms with Gasteiger partial charge in [-0.05, 0) is 61.8 Å². The van der Waals surface area contributed by atoms with E-state index in [0.717, 1.165) is 17.8 Å². The van der Waals surface area contributed by atoms with Gasteiger partial charge in [0.25, 0.3) is 5.91 Å². The van der Waals surface area contributed by atoms with Crippen LogP contribution in [0.25, 0.3) is 0 Å². The number of rotatable bonds is 7. The number of pyridine rings is 1. The topological polar surface area (TPSA) is 54.0 Å². The molecular weight excluding hydrogens is 334 g/mol. The molecule has 4 nitrogen and oxygen atoms in total. The molecule has 1 aromatic heterocycles. The van der Waals surface area contributed by atoms with E-state index in [9.17, 15) is 4.79 Å². The van der Waals surface area contributed by atoms with Crippen molar-refractivity contribution >= 4 is 17.3 Å². The van der Waals surface area contributed by atoms with Crippen molar-refractivity contribution < 1.29 is 4.79 Å². The number of aromatic nitrogens is 1. The minimum atomic E-state index is -0.0716. The van der Waals surface area contributed by atoms with Gasteiger partial charge in [0.2, 0.25) is 0 Å². The molecule has 2 aromatic rings. The molecule has 0 unspecified atom stereocenters. The Hall–Kier alpha value is -2.62. The molecule has 4 heteroatoms. The minimum Gasteiger partial charge on any atom is -0.354 e. The van der Waals surface area contributed by atoms with Gasteiger partial charge in [0.05, 0.1) is 17.4 Å². The smallest absolute Gasteiger partial charge is 0.252 e. The fourth-order valence-corrected chi connectivity index (χ4v) is 3.32. The van der Waals surface area contributed by atoms with Crippen LogP contribution in [-0.2, 0) is 0 Å². The molecule has 0 saturated heterocycles. The van der Waals surface area contributed by atoms with E-state index in [2.05, 4.69) is 59.8 Å². The fraction of sp³-hybridized carbons (Fsp3) is 0.391. The SMILES string of the molecule is CC(C)c1ccc(Nc2cncc(C(=O)NCCC3=CCCCC3)c2)cc1. The van der Waals surface area contributed by atoms with Crippen molar-refractivity contribution in [3.05, 3.63) is 65.5 Å². The number of amides is 1. The first-order valence-electron chi connectivity index (χ1n) is 9.90. The highest BCUT2D eigenvalue weighted by molar-refractivity contribution is 5.94. The van der Waals surface area contributed by atoms with Crippen molar-refractivity contribution in [2.75, 3.05) is 11.9 Å². The van der Waals surface area contributed by atoms with Crippen LogP contribution in [0.4, 0.5) is 11.4 Å². The molecule has 0 radical (unpaired) electrons. The third kappa shape index (κ3) is 5.68. The van der Waals surface area contributed by atoms with Crippen LogP contribution in [0.2, 0.25) is 0 Å². The molecule has 1 aliphatic rings. The maximum absolute atomic E-state index is 12.4. The Morgan fingerprint density at radius 1 is 1.11 bits per heavy atom. The van der Waals surface area contributed by atoms with Crippen LogP contribution < -0.4 is 10.6 Å². The van der Waals surface area contributed by atoms with Crippen molar-refractivity contribution in [2.24, 2.45) is 0 Å². The molecule has 1 aliphatic carbocycles. The van der Waals surface area contributed by atoms with Crippen LogP contribution in [0, 0.1) is 0 Å². The Morgan fingerprint density at radius 2 is 1.93 bits per heavy atom. The number of hydrogen-bond donors (Lipinski definition) is 2. The third-order valence-corrected chi connectivity index (χ3v) is 4.98. The van der Waals surface area contributed by atoms with Crippen molar-refractivity contribution in [3.63, 3.8) is 0 Å². The van der Waals surface area contributed by atoms with Crippen LogP contribution in [0.1, 0.15) is 67.8 Å². The van der Waals surface area contributed by atoms with E-state index in [1.54, 1.807) is 12.4 Å². The summed E-state index contributed by atoms with van der Waals surface area (Å²) in [7, 11) is 0. The van der Waals surface area contributed by atoms with Crippen LogP contribution in [0.15, 0.2) is 54.4 Å². The summed E-state index contributed by atoms with van der Waals surface area (Å²) in [4.78, 5) is 16.6. The second-order valence-corrected chi connectivity index (χ2v) is 7.48. The lowest BCUT2D eigenvalue weighted by molar-refractivity contribution is 0.0953. The normalized spacial score (nSPS) is 14.0. The van der Waals surface area contributed by atoms with Crippen LogP contribution >= 0.6 is 0 Å². The Bertz CT molecular complexity index is 794. The zero-order valence-electron chi connectivity index (χ0n) is 16.3. The molecule has 3 rings (SSSR count). The highest BCUT2D eigenvalue weighted by Crippen LogP contribution is 2.21. The molecule has 1 aromatic carbocycles. The molecule has 0 spiro atoms. The largest absolute Gasteiger partial charge is 0.354 e. The summed E-state index contributed by atoms with van der Waals surface area (Å²) in [6.45, 7) is 5.04. The molecule has 142 valence electrons. The highest BCUT2D eigenvalue weighted by atomic mass is 16.1. The van der Waals surface area contributed by atoms with Gasteiger partial charge in [-0.2, -0.15) is 0 Å². The Kier molecular flexibility index (Phi) is 6.64. The van der Waals surface area contributed by atoms with Gasteiger partial charge in [0, 0.05) is 18.4 Å². The molecule has 0 atom stereocenters. The first kappa shape index (κ1) is 19.2. The van der Waals surface area contributed by atoms with E-state index < -0.39 is 0 Å². The first-order valence-corrected chi connectivity index (χ1v) is 9.90. The fourth-order valence-electron chi connectivity index (χ4n) is 3.32. The lowest BCUT2D eigenvalue weighted by atomic mass is 9.97. The summed E-state index contributed by atoms with van der Waals surface area (Å²) in [6.07, 6.45) is 11.5. The third-order valence-electron chi connectivity index (χ3n) is 4.98. The highest BCUT2D eigenvalue weighted by Gasteiger charge is 2.09. The molecular formula is C23H29N3O. The van der Waals surface area contributed by atoms with E-state index in [1.165, 1.54) is 36.8 Å². The summed E-state index contributed by atoms with van der Waals surface area (Å²) in [6, 6.07) is 10.2. The molecule has 0 bridgehead atoms. The monoisotopic (exact) mass is 363 g/mol. The second-order valence-electron chi connectivity index (χ2n) is 7.48. The number of anilines is 2. The average molecular weight is 364 g/mol. The number of nitrogens with zero attached hydrogens (tertiary/aromatic N) is 1. The van der Waals surface area contributed by atoms with Crippen LogP contribution in [0.5, 0.6) is 0 Å². The van der Waals surface area contributed by atoms with Crippen molar-refractivity contribution in [3.8, 4) is 0 Å². The summed E-state index contributed by atoms with van der Waals surface area (Å²) >= 11 is 0. The maximum atomic E-state index is 12.4. The summed E-state index contributed by atoms with van der Waals surface area (Å²) in [5.41, 5.74) is 5.16. The number of hydrogen-bond acceptors (Lipinski definition) is 3. The van der Waals surface area contributed by atoms with Gasteiger partial charge in [-0.3, -0.25) is 9.78 Å².